The molecule has 5 nitrogen and oxygen atoms in total. The van der Waals surface area contributed by atoms with Gasteiger partial charge in [0.2, 0.25) is 5.78 Å². The first kappa shape index (κ1) is 19.0. The van der Waals surface area contributed by atoms with Crippen LogP contribution in [0.5, 0.6) is 5.75 Å². The van der Waals surface area contributed by atoms with Crippen LogP contribution in [0.3, 0.4) is 0 Å². The number of phenols is 1. The van der Waals surface area contributed by atoms with Crippen molar-refractivity contribution in [1.29, 1.82) is 0 Å². The molecular formula is C22H16ClN3O2S. The lowest BCUT2D eigenvalue weighted by molar-refractivity contribution is 0.104. The summed E-state index contributed by atoms with van der Waals surface area (Å²) in [6.07, 6.45) is 0. The molecule has 0 aliphatic heterocycles. The van der Waals surface area contributed by atoms with Gasteiger partial charge in [-0.25, -0.2) is 4.98 Å². The van der Waals surface area contributed by atoms with Crippen molar-refractivity contribution in [2.75, 3.05) is 10.6 Å². The van der Waals surface area contributed by atoms with Crippen LogP contribution < -0.4 is 10.6 Å². The van der Waals surface area contributed by atoms with Gasteiger partial charge in [-0.1, -0.05) is 53.3 Å². The molecule has 29 heavy (non-hydrogen) atoms. The molecule has 0 saturated carbocycles. The fourth-order valence-electron chi connectivity index (χ4n) is 2.89. The summed E-state index contributed by atoms with van der Waals surface area (Å²) in [5.74, 6) is 0.0418. The van der Waals surface area contributed by atoms with E-state index in [4.69, 9.17) is 17.3 Å². The van der Waals surface area contributed by atoms with Gasteiger partial charge < -0.3 is 10.8 Å². The summed E-state index contributed by atoms with van der Waals surface area (Å²) in [7, 11) is 0. The van der Waals surface area contributed by atoms with Gasteiger partial charge in [0.25, 0.3) is 0 Å². The van der Waals surface area contributed by atoms with Crippen molar-refractivity contribution in [2.24, 2.45) is 0 Å². The van der Waals surface area contributed by atoms with Gasteiger partial charge in [0.05, 0.1) is 5.02 Å². The van der Waals surface area contributed by atoms with Gasteiger partial charge in [-0.3, -0.25) is 9.69 Å². The number of carbonyl (C=O) groups excluding carboxylic acids is 1. The number of aromatic nitrogens is 1. The highest BCUT2D eigenvalue weighted by Crippen LogP contribution is 2.40. The smallest absolute Gasteiger partial charge is 0.208 e. The number of nitrogens with zero attached hydrogens (tertiary/aromatic N) is 2. The van der Waals surface area contributed by atoms with E-state index in [1.807, 2.05) is 35.2 Å². The molecule has 3 aromatic carbocycles. The number of carbonyl (C=O) groups is 1. The molecule has 0 amide bonds. The number of anilines is 4. The van der Waals surface area contributed by atoms with Crippen LogP contribution in [0.1, 0.15) is 15.2 Å². The van der Waals surface area contributed by atoms with E-state index in [1.165, 1.54) is 11.3 Å². The highest BCUT2D eigenvalue weighted by molar-refractivity contribution is 7.18. The Balaban J connectivity index is 1.81. The lowest BCUT2D eigenvalue weighted by Gasteiger charge is -2.22. The predicted octanol–water partition coefficient (Wildman–Crippen LogP) is 5.79. The molecule has 0 bridgehead atoms. The second kappa shape index (κ2) is 7.95. The fourth-order valence-corrected chi connectivity index (χ4v) is 4.10. The van der Waals surface area contributed by atoms with Crippen molar-refractivity contribution >= 4 is 51.0 Å². The van der Waals surface area contributed by atoms with Gasteiger partial charge in [0.15, 0.2) is 5.13 Å². The van der Waals surface area contributed by atoms with E-state index < -0.39 is 0 Å². The molecule has 4 rings (SSSR count). The summed E-state index contributed by atoms with van der Waals surface area (Å²) < 4.78 is 0. The van der Waals surface area contributed by atoms with Gasteiger partial charge in [0.1, 0.15) is 16.4 Å². The van der Waals surface area contributed by atoms with Crippen LogP contribution in [0.4, 0.5) is 22.3 Å². The van der Waals surface area contributed by atoms with Crippen molar-refractivity contribution < 1.29 is 9.90 Å². The number of hydrogen-bond donors (Lipinski definition) is 2. The number of benzene rings is 3. The highest BCUT2D eigenvalue weighted by Gasteiger charge is 2.23. The number of aromatic hydroxyl groups is 1. The van der Waals surface area contributed by atoms with E-state index in [1.54, 1.807) is 48.5 Å². The molecule has 3 N–H and O–H groups in total. The minimum atomic E-state index is -0.268. The van der Waals surface area contributed by atoms with Crippen molar-refractivity contribution in [3.63, 3.8) is 0 Å². The molecule has 0 unspecified atom stereocenters. The van der Waals surface area contributed by atoms with E-state index >= 15 is 0 Å². The maximum atomic E-state index is 13.0. The van der Waals surface area contributed by atoms with Gasteiger partial charge >= 0.3 is 0 Å². The first-order chi connectivity index (χ1) is 14.0. The Bertz CT molecular complexity index is 1160. The number of para-hydroxylation sites is 1. The van der Waals surface area contributed by atoms with E-state index in [-0.39, 0.29) is 17.4 Å². The molecule has 0 spiro atoms. The van der Waals surface area contributed by atoms with E-state index in [0.29, 0.717) is 20.6 Å². The lowest BCUT2D eigenvalue weighted by atomic mass is 10.1. The summed E-state index contributed by atoms with van der Waals surface area (Å²) in [6.45, 7) is 0. The molecule has 144 valence electrons. The van der Waals surface area contributed by atoms with E-state index in [0.717, 1.165) is 11.4 Å². The third-order valence-electron chi connectivity index (χ3n) is 4.28. The van der Waals surface area contributed by atoms with Crippen molar-refractivity contribution in [3.05, 3.63) is 94.3 Å². The van der Waals surface area contributed by atoms with Crippen LogP contribution in [0.25, 0.3) is 0 Å². The SMILES string of the molecule is Nc1nc(N(c2ccccc2)c2ccc(O)cc2)sc1C(=O)c1ccccc1Cl. The number of rotatable bonds is 5. The average molecular weight is 422 g/mol. The zero-order chi connectivity index (χ0) is 20.4. The number of phenolic OH excluding ortho intramolecular Hbond substituents is 1. The Morgan fingerprint density at radius 2 is 1.55 bits per heavy atom. The Morgan fingerprint density at radius 1 is 0.931 bits per heavy atom. The Labute approximate surface area is 176 Å². The topological polar surface area (TPSA) is 79.4 Å². The van der Waals surface area contributed by atoms with Crippen LogP contribution in [-0.2, 0) is 0 Å². The molecule has 0 radical (unpaired) electrons. The molecule has 0 aliphatic rings. The van der Waals surface area contributed by atoms with Crippen molar-refractivity contribution in [2.45, 2.75) is 0 Å². The normalized spacial score (nSPS) is 10.7. The molecule has 1 aromatic heterocycles. The van der Waals surface area contributed by atoms with E-state index in [2.05, 4.69) is 4.98 Å². The van der Waals surface area contributed by atoms with Gasteiger partial charge in [-0.2, -0.15) is 0 Å². The van der Waals surface area contributed by atoms with Crippen LogP contribution in [0, 0.1) is 0 Å². The summed E-state index contributed by atoms with van der Waals surface area (Å²) in [6, 6.07) is 23.2. The second-order valence-corrected chi connectivity index (χ2v) is 7.59. The lowest BCUT2D eigenvalue weighted by Crippen LogP contribution is -2.09. The fraction of sp³-hybridized carbons (Fsp3) is 0. The van der Waals surface area contributed by atoms with Gasteiger partial charge in [-0.05, 0) is 48.5 Å². The quantitative estimate of drug-likeness (QED) is 0.399. The van der Waals surface area contributed by atoms with Gasteiger partial charge in [-0.15, -0.1) is 0 Å². The number of nitrogens with two attached hydrogens (primary N) is 1. The molecule has 0 saturated heterocycles. The summed E-state index contributed by atoms with van der Waals surface area (Å²) in [4.78, 5) is 19.7. The molecule has 0 fully saturated rings. The first-order valence-corrected chi connectivity index (χ1v) is 9.94. The number of ketones is 1. The number of nitrogen functional groups attached to an aromatic ring is 1. The summed E-state index contributed by atoms with van der Waals surface area (Å²) in [5.41, 5.74) is 8.13. The Hall–Kier alpha value is -3.35. The highest BCUT2D eigenvalue weighted by atomic mass is 35.5. The Morgan fingerprint density at radius 3 is 2.24 bits per heavy atom. The Kier molecular flexibility index (Phi) is 5.20. The minimum Gasteiger partial charge on any atom is -0.508 e. The maximum Gasteiger partial charge on any atom is 0.208 e. The third kappa shape index (κ3) is 3.81. The predicted molar refractivity (Wildman–Crippen MR) is 118 cm³/mol. The molecule has 1 heterocycles. The molecule has 7 heteroatoms. The zero-order valence-electron chi connectivity index (χ0n) is 15.1. The monoisotopic (exact) mass is 421 g/mol. The molecule has 0 atom stereocenters. The van der Waals surface area contributed by atoms with Crippen LogP contribution in [-0.4, -0.2) is 15.9 Å². The first-order valence-electron chi connectivity index (χ1n) is 8.74. The maximum absolute atomic E-state index is 13.0. The minimum absolute atomic E-state index is 0.148. The second-order valence-electron chi connectivity index (χ2n) is 6.21. The largest absolute Gasteiger partial charge is 0.508 e. The van der Waals surface area contributed by atoms with Crippen molar-refractivity contribution in [1.82, 2.24) is 4.98 Å². The molecular weight excluding hydrogens is 406 g/mol. The summed E-state index contributed by atoms with van der Waals surface area (Å²) >= 11 is 7.38. The number of halogens is 1. The molecule has 0 aliphatic carbocycles. The van der Waals surface area contributed by atoms with Crippen LogP contribution in [0.15, 0.2) is 78.9 Å². The number of thiazole rings is 1. The average Bonchev–Trinajstić information content (AvgIpc) is 3.11. The van der Waals surface area contributed by atoms with Crippen LogP contribution in [0.2, 0.25) is 5.02 Å². The zero-order valence-corrected chi connectivity index (χ0v) is 16.7. The van der Waals surface area contributed by atoms with Gasteiger partial charge in [0, 0.05) is 16.9 Å². The standard InChI is InChI=1S/C22H16ClN3O2S/c23-18-9-5-4-8-17(18)19(28)20-21(24)25-22(29-20)26(14-6-2-1-3-7-14)15-10-12-16(27)13-11-15/h1-13,27H,24H2. The molecule has 4 aromatic rings. The van der Waals surface area contributed by atoms with E-state index in [9.17, 15) is 9.90 Å². The number of hydrogen-bond acceptors (Lipinski definition) is 6. The van der Waals surface area contributed by atoms with Crippen LogP contribution >= 0.6 is 22.9 Å². The third-order valence-corrected chi connectivity index (χ3v) is 5.67. The summed E-state index contributed by atoms with van der Waals surface area (Å²) in [5, 5.41) is 10.5. The van der Waals surface area contributed by atoms with Crippen molar-refractivity contribution in [3.8, 4) is 5.75 Å².